The largest absolute Gasteiger partial charge is 0.443 e. The number of benzene rings is 1. The number of carbonyl (C=O) groups excluding carboxylic acids is 1. The van der Waals surface area contributed by atoms with Gasteiger partial charge in [-0.2, -0.15) is 0 Å². The number of alkyl carbamates (subject to hydrolysis) is 1. The van der Waals surface area contributed by atoms with Crippen molar-refractivity contribution in [2.75, 3.05) is 6.54 Å². The van der Waals surface area contributed by atoms with Gasteiger partial charge in [0.1, 0.15) is 23.8 Å². The van der Waals surface area contributed by atoms with Crippen molar-refractivity contribution in [2.24, 2.45) is 5.92 Å². The summed E-state index contributed by atoms with van der Waals surface area (Å²) in [4.78, 5) is 18.1. The maximum absolute atomic E-state index is 13.7. The molecule has 0 saturated heterocycles. The molecule has 9 heteroatoms. The number of aliphatic hydroxyl groups excluding tert-OH is 1. The Hall–Kier alpha value is -2.10. The molecule has 3 rings (SSSR count). The Labute approximate surface area is 204 Å². The molecular formula is C25H35F2N3O3S. The highest BCUT2D eigenvalue weighted by atomic mass is 32.1. The summed E-state index contributed by atoms with van der Waals surface area (Å²) < 4.78 is 32.9. The average molecular weight is 496 g/mol. The Bertz CT molecular complexity index is 966. The number of halogens is 2. The Kier molecular flexibility index (Phi) is 8.31. The first-order chi connectivity index (χ1) is 15.8. The number of carbonyl (C=O) groups is 1. The van der Waals surface area contributed by atoms with Crippen molar-refractivity contribution in [3.63, 3.8) is 0 Å². The molecule has 1 aromatic carbocycles. The van der Waals surface area contributed by atoms with Crippen molar-refractivity contribution in [1.29, 1.82) is 0 Å². The third kappa shape index (κ3) is 7.71. The fourth-order valence-corrected chi connectivity index (χ4v) is 5.09. The van der Waals surface area contributed by atoms with Crippen molar-refractivity contribution in [3.8, 4) is 0 Å². The van der Waals surface area contributed by atoms with Crippen LogP contribution in [0.1, 0.15) is 62.9 Å². The zero-order valence-corrected chi connectivity index (χ0v) is 21.3. The topological polar surface area (TPSA) is 83.5 Å². The van der Waals surface area contributed by atoms with Crippen LogP contribution in [0.15, 0.2) is 24.4 Å². The van der Waals surface area contributed by atoms with Gasteiger partial charge in [0.25, 0.3) is 0 Å². The minimum absolute atomic E-state index is 0.0266. The maximum atomic E-state index is 13.7. The third-order valence-electron chi connectivity index (χ3n) is 5.53. The van der Waals surface area contributed by atoms with Crippen molar-refractivity contribution in [2.45, 2.75) is 83.6 Å². The monoisotopic (exact) mass is 495 g/mol. The molecule has 188 valence electrons. The van der Waals surface area contributed by atoms with Gasteiger partial charge >= 0.3 is 6.09 Å². The molecule has 0 spiro atoms. The van der Waals surface area contributed by atoms with E-state index in [-0.39, 0.29) is 18.5 Å². The van der Waals surface area contributed by atoms with E-state index in [0.717, 1.165) is 35.2 Å². The van der Waals surface area contributed by atoms with Crippen molar-refractivity contribution in [3.05, 3.63) is 51.5 Å². The third-order valence-corrected chi connectivity index (χ3v) is 6.76. The van der Waals surface area contributed by atoms with Gasteiger partial charge in [-0.1, -0.05) is 13.8 Å². The minimum atomic E-state index is -1.09. The molecule has 34 heavy (non-hydrogen) atoms. The Morgan fingerprint density at radius 1 is 1.21 bits per heavy atom. The van der Waals surface area contributed by atoms with Crippen LogP contribution >= 0.6 is 11.3 Å². The SMILES string of the molecule is CC(C)Cc1ncc(C2(NC[C@@H](O)[C@H](Cc3cc(F)cc(F)c3)OC(=O)NC(C)(C)C)CC2)s1. The number of rotatable bonds is 10. The molecule has 6 nitrogen and oxygen atoms in total. The highest BCUT2D eigenvalue weighted by Gasteiger charge is 2.46. The van der Waals surface area contributed by atoms with Crippen molar-refractivity contribution in [1.82, 2.24) is 15.6 Å². The van der Waals surface area contributed by atoms with Crippen LogP contribution in [0.2, 0.25) is 0 Å². The molecule has 3 N–H and O–H groups in total. The number of hydrogen-bond donors (Lipinski definition) is 3. The number of hydrogen-bond acceptors (Lipinski definition) is 6. The lowest BCUT2D eigenvalue weighted by Gasteiger charge is -2.28. The molecule has 1 fully saturated rings. The summed E-state index contributed by atoms with van der Waals surface area (Å²) in [5.74, 6) is -0.923. The smallest absolute Gasteiger partial charge is 0.407 e. The molecule has 1 heterocycles. The van der Waals surface area contributed by atoms with Crippen LogP contribution in [-0.2, 0) is 23.1 Å². The van der Waals surface area contributed by atoms with E-state index < -0.39 is 35.5 Å². The van der Waals surface area contributed by atoms with Crippen LogP contribution in [-0.4, -0.2) is 40.5 Å². The zero-order chi connectivity index (χ0) is 25.1. The van der Waals surface area contributed by atoms with Crippen molar-refractivity contribution >= 4 is 17.4 Å². The first-order valence-electron chi connectivity index (χ1n) is 11.7. The fourth-order valence-electron chi connectivity index (χ4n) is 3.73. The number of aliphatic hydroxyl groups is 1. The summed E-state index contributed by atoms with van der Waals surface area (Å²) in [5, 5.41) is 18.2. The summed E-state index contributed by atoms with van der Waals surface area (Å²) in [6.07, 6.45) is 1.86. The van der Waals surface area contributed by atoms with Gasteiger partial charge < -0.3 is 20.5 Å². The second kappa shape index (κ2) is 10.7. The maximum Gasteiger partial charge on any atom is 0.407 e. The highest BCUT2D eigenvalue weighted by Crippen LogP contribution is 2.47. The average Bonchev–Trinajstić information content (AvgIpc) is 3.33. The summed E-state index contributed by atoms with van der Waals surface area (Å²) in [7, 11) is 0. The number of aromatic nitrogens is 1. The van der Waals surface area contributed by atoms with Gasteiger partial charge in [-0.3, -0.25) is 0 Å². The zero-order valence-electron chi connectivity index (χ0n) is 20.5. The van der Waals surface area contributed by atoms with E-state index >= 15 is 0 Å². The van der Waals surface area contributed by atoms with Gasteiger partial charge in [-0.25, -0.2) is 18.6 Å². The molecule has 0 unspecified atom stereocenters. The van der Waals surface area contributed by atoms with E-state index in [1.54, 1.807) is 11.3 Å². The summed E-state index contributed by atoms with van der Waals surface area (Å²) in [6, 6.07) is 3.14. The second-order valence-corrected chi connectivity index (χ2v) is 11.7. The number of amides is 1. The van der Waals surface area contributed by atoms with Crippen LogP contribution in [0, 0.1) is 17.6 Å². The molecule has 1 aliphatic rings. The highest BCUT2D eigenvalue weighted by molar-refractivity contribution is 7.11. The van der Waals surface area contributed by atoms with E-state index in [2.05, 4.69) is 29.5 Å². The molecule has 2 atom stereocenters. The van der Waals surface area contributed by atoms with Gasteiger partial charge in [0, 0.05) is 42.1 Å². The number of nitrogens with one attached hydrogen (secondary N) is 2. The lowest BCUT2D eigenvalue weighted by molar-refractivity contribution is -0.0000496. The number of nitrogens with zero attached hydrogens (tertiary/aromatic N) is 1. The Balaban J connectivity index is 1.69. The van der Waals surface area contributed by atoms with Crippen LogP contribution < -0.4 is 10.6 Å². The Morgan fingerprint density at radius 3 is 2.41 bits per heavy atom. The summed E-state index contributed by atoms with van der Waals surface area (Å²) in [5.41, 5.74) is -0.475. The van der Waals surface area contributed by atoms with Gasteiger partial charge in [-0.15, -0.1) is 11.3 Å². The van der Waals surface area contributed by atoms with E-state index in [1.165, 1.54) is 12.1 Å². The molecule has 2 aromatic rings. The van der Waals surface area contributed by atoms with Crippen LogP contribution in [0.5, 0.6) is 0 Å². The predicted octanol–water partition coefficient (Wildman–Crippen LogP) is 4.70. The van der Waals surface area contributed by atoms with Gasteiger partial charge in [0.15, 0.2) is 0 Å². The molecule has 1 aromatic heterocycles. The molecule has 1 saturated carbocycles. The van der Waals surface area contributed by atoms with E-state index in [1.807, 2.05) is 27.0 Å². The standard InChI is InChI=1S/C25H35F2N3O3S/c1-15(2)8-22-28-14-21(34-22)25(6-7-25)29-13-19(31)20(33-23(32)30-24(3,4)5)11-16-9-17(26)12-18(27)10-16/h9-10,12,14-15,19-20,29,31H,6-8,11,13H2,1-5H3,(H,30,32)/t19-,20+/m1/s1. The first kappa shape index (κ1) is 26.5. The predicted molar refractivity (Wildman–Crippen MR) is 129 cm³/mol. The normalized spacial score (nSPS) is 16.9. The number of thiazole rings is 1. The van der Waals surface area contributed by atoms with E-state index in [4.69, 9.17) is 4.74 Å². The minimum Gasteiger partial charge on any atom is -0.443 e. The molecular weight excluding hydrogens is 460 g/mol. The quantitative estimate of drug-likeness (QED) is 0.445. The molecule has 0 radical (unpaired) electrons. The summed E-state index contributed by atoms with van der Waals surface area (Å²) in [6.45, 7) is 9.89. The van der Waals surface area contributed by atoms with Crippen LogP contribution in [0.4, 0.5) is 13.6 Å². The van der Waals surface area contributed by atoms with Gasteiger partial charge in [0.05, 0.1) is 10.5 Å². The molecule has 0 bridgehead atoms. The molecule has 1 amide bonds. The fraction of sp³-hybridized carbons (Fsp3) is 0.600. The van der Waals surface area contributed by atoms with Gasteiger partial charge in [0.2, 0.25) is 0 Å². The van der Waals surface area contributed by atoms with Gasteiger partial charge in [-0.05, 0) is 57.2 Å². The van der Waals surface area contributed by atoms with E-state index in [9.17, 15) is 18.7 Å². The Morgan fingerprint density at radius 2 is 1.85 bits per heavy atom. The lowest BCUT2D eigenvalue weighted by Crippen LogP contribution is -2.47. The number of ether oxygens (including phenoxy) is 1. The second-order valence-electron chi connectivity index (χ2n) is 10.5. The summed E-state index contributed by atoms with van der Waals surface area (Å²) >= 11 is 1.68. The van der Waals surface area contributed by atoms with Crippen LogP contribution in [0.25, 0.3) is 0 Å². The van der Waals surface area contributed by atoms with E-state index in [0.29, 0.717) is 11.5 Å². The first-order valence-corrected chi connectivity index (χ1v) is 12.5. The van der Waals surface area contributed by atoms with Crippen molar-refractivity contribution < 1.29 is 23.4 Å². The lowest BCUT2D eigenvalue weighted by atomic mass is 10.0. The van der Waals surface area contributed by atoms with Crippen LogP contribution in [0.3, 0.4) is 0 Å². The molecule has 1 aliphatic carbocycles. The molecule has 0 aliphatic heterocycles.